The van der Waals surface area contributed by atoms with E-state index in [4.69, 9.17) is 0 Å². The molecule has 0 radical (unpaired) electrons. The fourth-order valence-corrected chi connectivity index (χ4v) is 2.91. The Morgan fingerprint density at radius 2 is 2.05 bits per heavy atom. The fourth-order valence-electron chi connectivity index (χ4n) is 2.91. The lowest BCUT2D eigenvalue weighted by molar-refractivity contribution is -0.144. The lowest BCUT2D eigenvalue weighted by Crippen LogP contribution is -2.42. The van der Waals surface area contributed by atoms with Crippen molar-refractivity contribution in [2.75, 3.05) is 6.54 Å². The topological polar surface area (TPSA) is 81.0 Å². The Kier molecular flexibility index (Phi) is 4.49. The molecule has 0 spiro atoms. The lowest BCUT2D eigenvalue weighted by atomic mass is 10.0. The monoisotopic (exact) mass is 279 g/mol. The summed E-state index contributed by atoms with van der Waals surface area (Å²) in [5.74, 6) is -0.659. The number of likely N-dealkylation sites (tertiary alicyclic amines) is 1. The van der Waals surface area contributed by atoms with E-state index in [9.17, 15) is 20.1 Å². The molecule has 5 heteroatoms. The summed E-state index contributed by atoms with van der Waals surface area (Å²) in [5, 5.41) is 28.9. The second-order valence-electron chi connectivity index (χ2n) is 5.36. The van der Waals surface area contributed by atoms with Crippen molar-refractivity contribution in [3.63, 3.8) is 0 Å². The van der Waals surface area contributed by atoms with Crippen molar-refractivity contribution in [2.45, 2.75) is 44.7 Å². The zero-order valence-corrected chi connectivity index (χ0v) is 11.6. The van der Waals surface area contributed by atoms with E-state index in [0.717, 1.165) is 19.3 Å². The highest BCUT2D eigenvalue weighted by Gasteiger charge is 2.32. The average Bonchev–Trinajstić information content (AvgIpc) is 2.66. The number of phenolic OH excluding ortho intramolecular Hbond substituents is 2. The third-order valence-corrected chi connectivity index (χ3v) is 4.04. The fraction of sp³-hybridized carbons (Fsp3) is 0.533. The van der Waals surface area contributed by atoms with Crippen molar-refractivity contribution in [3.05, 3.63) is 23.8 Å². The van der Waals surface area contributed by atoms with Gasteiger partial charge in [0.2, 0.25) is 0 Å². The van der Waals surface area contributed by atoms with E-state index in [0.29, 0.717) is 18.5 Å². The van der Waals surface area contributed by atoms with Crippen molar-refractivity contribution in [1.82, 2.24) is 4.90 Å². The molecule has 1 aliphatic rings. The molecule has 1 heterocycles. The van der Waals surface area contributed by atoms with Gasteiger partial charge in [-0.2, -0.15) is 0 Å². The van der Waals surface area contributed by atoms with Gasteiger partial charge in [-0.25, -0.2) is 0 Å². The molecule has 2 rings (SSSR count). The Morgan fingerprint density at radius 1 is 1.30 bits per heavy atom. The number of hydrogen-bond acceptors (Lipinski definition) is 4. The van der Waals surface area contributed by atoms with Crippen LogP contribution in [0.4, 0.5) is 0 Å². The second-order valence-corrected chi connectivity index (χ2v) is 5.36. The summed E-state index contributed by atoms with van der Waals surface area (Å²) in [6.45, 7) is 2.56. The molecule has 0 saturated carbocycles. The van der Waals surface area contributed by atoms with Crippen molar-refractivity contribution in [3.8, 4) is 11.5 Å². The van der Waals surface area contributed by atoms with Gasteiger partial charge in [-0.1, -0.05) is 12.8 Å². The Hall–Kier alpha value is -1.75. The predicted molar refractivity (Wildman–Crippen MR) is 74.8 cm³/mol. The van der Waals surface area contributed by atoms with E-state index in [2.05, 4.69) is 0 Å². The summed E-state index contributed by atoms with van der Waals surface area (Å²) < 4.78 is 0. The first-order valence-corrected chi connectivity index (χ1v) is 7.01. The normalized spacial score (nSPS) is 22.1. The number of rotatable bonds is 3. The first-order valence-electron chi connectivity index (χ1n) is 7.01. The molecule has 1 aromatic carbocycles. The standard InChI is InChI=1S/C15H21NO4/c1-10(12-9-11(17)6-7-14(12)18)16-8-4-2-3-5-13(16)15(19)20/h6-7,9-10,13,17-18H,2-5,8H2,1H3,(H,19,20). The highest BCUT2D eigenvalue weighted by atomic mass is 16.4. The molecule has 0 amide bonds. The van der Waals surface area contributed by atoms with Crippen molar-refractivity contribution < 1.29 is 20.1 Å². The number of aliphatic carboxylic acids is 1. The Bertz CT molecular complexity index is 489. The van der Waals surface area contributed by atoms with Gasteiger partial charge in [-0.15, -0.1) is 0 Å². The molecule has 1 fully saturated rings. The van der Waals surface area contributed by atoms with Crippen LogP contribution in [0.1, 0.15) is 44.2 Å². The molecule has 2 unspecified atom stereocenters. The number of phenols is 2. The van der Waals surface area contributed by atoms with Crippen molar-refractivity contribution >= 4 is 5.97 Å². The molecule has 20 heavy (non-hydrogen) atoms. The molecule has 0 aliphatic carbocycles. The van der Waals surface area contributed by atoms with Gasteiger partial charge in [0.15, 0.2) is 0 Å². The van der Waals surface area contributed by atoms with Crippen LogP contribution in [-0.2, 0) is 4.79 Å². The molecule has 5 nitrogen and oxygen atoms in total. The number of benzene rings is 1. The summed E-state index contributed by atoms with van der Waals surface area (Å²) in [5.41, 5.74) is 0.568. The third kappa shape index (κ3) is 3.04. The number of nitrogens with zero attached hydrogens (tertiary/aromatic N) is 1. The molecule has 110 valence electrons. The van der Waals surface area contributed by atoms with Crippen LogP contribution < -0.4 is 0 Å². The van der Waals surface area contributed by atoms with Crippen LogP contribution in [0.5, 0.6) is 11.5 Å². The molecular weight excluding hydrogens is 258 g/mol. The highest BCUT2D eigenvalue weighted by molar-refractivity contribution is 5.73. The first kappa shape index (κ1) is 14.7. The molecule has 1 aliphatic heterocycles. The molecule has 2 atom stereocenters. The number of aromatic hydroxyl groups is 2. The summed E-state index contributed by atoms with van der Waals surface area (Å²) in [6.07, 6.45) is 3.51. The van der Waals surface area contributed by atoms with Crippen LogP contribution in [-0.4, -0.2) is 38.8 Å². The average molecular weight is 279 g/mol. The van der Waals surface area contributed by atoms with Gasteiger partial charge in [0.25, 0.3) is 0 Å². The molecule has 3 N–H and O–H groups in total. The largest absolute Gasteiger partial charge is 0.508 e. The number of carboxylic acids is 1. The summed E-state index contributed by atoms with van der Waals surface area (Å²) in [6, 6.07) is 3.58. The third-order valence-electron chi connectivity index (χ3n) is 4.04. The zero-order chi connectivity index (χ0) is 14.7. The molecule has 0 aromatic heterocycles. The molecule has 0 bridgehead atoms. The van der Waals surface area contributed by atoms with Gasteiger partial charge in [0.05, 0.1) is 0 Å². The van der Waals surface area contributed by atoms with E-state index in [1.807, 2.05) is 11.8 Å². The van der Waals surface area contributed by atoms with Gasteiger partial charge in [-0.05, 0) is 44.5 Å². The minimum absolute atomic E-state index is 0.0753. The number of carboxylic acid groups (broad SMARTS) is 1. The Labute approximate surface area is 118 Å². The summed E-state index contributed by atoms with van der Waals surface area (Å²) >= 11 is 0. The summed E-state index contributed by atoms with van der Waals surface area (Å²) in [7, 11) is 0. The predicted octanol–water partition coefficient (Wildman–Crippen LogP) is 2.49. The lowest BCUT2D eigenvalue weighted by Gasteiger charge is -2.33. The van der Waals surface area contributed by atoms with Gasteiger partial charge in [-0.3, -0.25) is 9.69 Å². The Morgan fingerprint density at radius 3 is 2.75 bits per heavy atom. The minimum atomic E-state index is -0.821. The maximum atomic E-state index is 11.5. The van der Waals surface area contributed by atoms with Gasteiger partial charge in [0.1, 0.15) is 17.5 Å². The van der Waals surface area contributed by atoms with E-state index in [-0.39, 0.29) is 17.5 Å². The van der Waals surface area contributed by atoms with E-state index >= 15 is 0 Å². The minimum Gasteiger partial charge on any atom is -0.508 e. The summed E-state index contributed by atoms with van der Waals surface area (Å²) in [4.78, 5) is 13.4. The van der Waals surface area contributed by atoms with Crippen LogP contribution in [0.25, 0.3) is 0 Å². The second kappa shape index (κ2) is 6.13. The highest BCUT2D eigenvalue weighted by Crippen LogP contribution is 2.34. The van der Waals surface area contributed by atoms with E-state index in [1.54, 1.807) is 0 Å². The van der Waals surface area contributed by atoms with Crippen LogP contribution in [0.15, 0.2) is 18.2 Å². The Balaban J connectivity index is 2.30. The van der Waals surface area contributed by atoms with Crippen molar-refractivity contribution in [1.29, 1.82) is 0 Å². The maximum Gasteiger partial charge on any atom is 0.320 e. The maximum absolute atomic E-state index is 11.5. The molecular formula is C15H21NO4. The number of hydrogen-bond donors (Lipinski definition) is 3. The van der Waals surface area contributed by atoms with Crippen molar-refractivity contribution in [2.24, 2.45) is 0 Å². The zero-order valence-electron chi connectivity index (χ0n) is 11.6. The van der Waals surface area contributed by atoms with Crippen LogP contribution in [0.2, 0.25) is 0 Å². The van der Waals surface area contributed by atoms with Gasteiger partial charge < -0.3 is 15.3 Å². The number of carbonyl (C=O) groups is 1. The van der Waals surface area contributed by atoms with Crippen LogP contribution in [0.3, 0.4) is 0 Å². The quantitative estimate of drug-likeness (QED) is 0.741. The van der Waals surface area contributed by atoms with Crippen LogP contribution >= 0.6 is 0 Å². The van der Waals surface area contributed by atoms with Gasteiger partial charge >= 0.3 is 5.97 Å². The SMILES string of the molecule is CC(c1cc(O)ccc1O)N1CCCCCC1C(=O)O. The first-order chi connectivity index (χ1) is 9.50. The van der Waals surface area contributed by atoms with E-state index in [1.165, 1.54) is 18.2 Å². The molecule has 1 aromatic rings. The van der Waals surface area contributed by atoms with Gasteiger partial charge in [0, 0.05) is 11.6 Å². The van der Waals surface area contributed by atoms with E-state index < -0.39 is 12.0 Å². The van der Waals surface area contributed by atoms with Crippen LogP contribution in [0, 0.1) is 0 Å². The smallest absolute Gasteiger partial charge is 0.320 e. The molecule has 1 saturated heterocycles.